The monoisotopic (exact) mass is 286 g/mol. The van der Waals surface area contributed by atoms with Gasteiger partial charge in [0, 0.05) is 18.7 Å². The van der Waals surface area contributed by atoms with Crippen molar-refractivity contribution in [1.82, 2.24) is 10.2 Å². The van der Waals surface area contributed by atoms with Gasteiger partial charge in [-0.3, -0.25) is 9.59 Å². The van der Waals surface area contributed by atoms with Gasteiger partial charge in [0.15, 0.2) is 0 Å². The molecule has 0 unspecified atom stereocenters. The van der Waals surface area contributed by atoms with Crippen molar-refractivity contribution in [3.05, 3.63) is 34.9 Å². The Hall–Kier alpha value is -2.32. The topological polar surface area (TPSA) is 69.6 Å². The SMILES string of the molecule is Cc1ccc(C(=O)N2CCCNC(=O)C2)c(C#CCO)c1. The molecule has 1 aliphatic heterocycles. The van der Waals surface area contributed by atoms with Gasteiger partial charge in [-0.05, 0) is 31.0 Å². The quantitative estimate of drug-likeness (QED) is 0.730. The zero-order valence-corrected chi connectivity index (χ0v) is 12.0. The highest BCUT2D eigenvalue weighted by molar-refractivity contribution is 5.98. The standard InChI is InChI=1S/C16H18N2O3/c1-12-5-6-14(13(10-12)4-2-9-19)16(21)18-8-3-7-17-15(20)11-18/h5-6,10,19H,3,7-9,11H2,1H3,(H,17,20). The number of hydrogen-bond acceptors (Lipinski definition) is 3. The third-order valence-electron chi connectivity index (χ3n) is 3.26. The van der Waals surface area contributed by atoms with Crippen LogP contribution >= 0.6 is 0 Å². The summed E-state index contributed by atoms with van der Waals surface area (Å²) in [4.78, 5) is 25.7. The normalized spacial score (nSPS) is 14.8. The lowest BCUT2D eigenvalue weighted by molar-refractivity contribution is -0.121. The van der Waals surface area contributed by atoms with Gasteiger partial charge < -0.3 is 15.3 Å². The van der Waals surface area contributed by atoms with Gasteiger partial charge in [0.05, 0.1) is 12.1 Å². The van der Waals surface area contributed by atoms with Crippen LogP contribution in [0.1, 0.15) is 27.9 Å². The van der Waals surface area contributed by atoms with E-state index in [1.54, 1.807) is 6.07 Å². The molecule has 0 spiro atoms. The molecule has 2 rings (SSSR count). The van der Waals surface area contributed by atoms with Gasteiger partial charge in [-0.2, -0.15) is 0 Å². The van der Waals surface area contributed by atoms with Crippen molar-refractivity contribution in [2.24, 2.45) is 0 Å². The van der Waals surface area contributed by atoms with Crippen LogP contribution in [0.25, 0.3) is 0 Å². The first-order chi connectivity index (χ1) is 10.1. The molecule has 5 nitrogen and oxygen atoms in total. The molecule has 0 saturated carbocycles. The molecular formula is C16H18N2O3. The summed E-state index contributed by atoms with van der Waals surface area (Å²) in [6, 6.07) is 5.38. The zero-order valence-electron chi connectivity index (χ0n) is 12.0. The molecule has 110 valence electrons. The van der Waals surface area contributed by atoms with Crippen molar-refractivity contribution in [3.8, 4) is 11.8 Å². The van der Waals surface area contributed by atoms with Gasteiger partial charge in [0.2, 0.25) is 5.91 Å². The fourth-order valence-corrected chi connectivity index (χ4v) is 2.23. The van der Waals surface area contributed by atoms with Crippen molar-refractivity contribution in [2.45, 2.75) is 13.3 Å². The minimum atomic E-state index is -0.256. The first-order valence-electron chi connectivity index (χ1n) is 6.88. The molecule has 1 aromatic carbocycles. The van der Waals surface area contributed by atoms with Crippen LogP contribution in [-0.2, 0) is 4.79 Å². The van der Waals surface area contributed by atoms with Crippen LogP contribution in [0, 0.1) is 18.8 Å². The Balaban J connectivity index is 2.31. The third kappa shape index (κ3) is 3.83. The number of benzene rings is 1. The van der Waals surface area contributed by atoms with E-state index in [1.807, 2.05) is 19.1 Å². The summed E-state index contributed by atoms with van der Waals surface area (Å²) in [6.45, 7) is 2.86. The Labute approximate surface area is 124 Å². The van der Waals surface area contributed by atoms with Gasteiger partial charge in [-0.25, -0.2) is 0 Å². The average Bonchev–Trinajstić information content (AvgIpc) is 2.69. The molecule has 2 N–H and O–H groups in total. The highest BCUT2D eigenvalue weighted by Crippen LogP contribution is 2.14. The lowest BCUT2D eigenvalue weighted by Crippen LogP contribution is -2.37. The average molecular weight is 286 g/mol. The zero-order chi connectivity index (χ0) is 15.2. The summed E-state index contributed by atoms with van der Waals surface area (Å²) in [7, 11) is 0. The fourth-order valence-electron chi connectivity index (χ4n) is 2.23. The predicted molar refractivity (Wildman–Crippen MR) is 78.7 cm³/mol. The fraction of sp³-hybridized carbons (Fsp3) is 0.375. The Morgan fingerprint density at radius 3 is 3.05 bits per heavy atom. The smallest absolute Gasteiger partial charge is 0.255 e. The number of aliphatic hydroxyl groups excluding tert-OH is 1. The first kappa shape index (κ1) is 15.1. The number of carbonyl (C=O) groups is 2. The van der Waals surface area contributed by atoms with E-state index in [1.165, 1.54) is 4.90 Å². The van der Waals surface area contributed by atoms with Crippen LogP contribution in [0.5, 0.6) is 0 Å². The van der Waals surface area contributed by atoms with Crippen LogP contribution in [0.15, 0.2) is 18.2 Å². The van der Waals surface area contributed by atoms with Crippen LogP contribution in [0.4, 0.5) is 0 Å². The highest BCUT2D eigenvalue weighted by atomic mass is 16.2. The highest BCUT2D eigenvalue weighted by Gasteiger charge is 2.22. The number of hydrogen-bond donors (Lipinski definition) is 2. The number of nitrogens with zero attached hydrogens (tertiary/aromatic N) is 1. The third-order valence-corrected chi connectivity index (χ3v) is 3.26. The number of rotatable bonds is 1. The Morgan fingerprint density at radius 1 is 1.48 bits per heavy atom. The molecule has 1 heterocycles. The molecule has 21 heavy (non-hydrogen) atoms. The molecule has 1 fully saturated rings. The second kappa shape index (κ2) is 6.91. The molecule has 0 atom stereocenters. The molecule has 0 radical (unpaired) electrons. The van der Waals surface area contributed by atoms with E-state index in [2.05, 4.69) is 17.2 Å². The molecule has 2 amide bonds. The predicted octanol–water partition coefficient (Wildman–Crippen LogP) is 0.301. The van der Waals surface area contributed by atoms with Gasteiger partial charge in [-0.1, -0.05) is 17.9 Å². The van der Waals surface area contributed by atoms with Crippen molar-refractivity contribution < 1.29 is 14.7 Å². The van der Waals surface area contributed by atoms with Gasteiger partial charge >= 0.3 is 0 Å². The van der Waals surface area contributed by atoms with E-state index in [0.717, 1.165) is 12.0 Å². The van der Waals surface area contributed by atoms with Crippen LogP contribution in [0.3, 0.4) is 0 Å². The number of aryl methyl sites for hydroxylation is 1. The molecule has 1 saturated heterocycles. The van der Waals surface area contributed by atoms with Gasteiger partial charge in [0.1, 0.15) is 6.61 Å². The molecule has 1 aromatic rings. The number of nitrogens with one attached hydrogen (secondary N) is 1. The van der Waals surface area contributed by atoms with Crippen molar-refractivity contribution in [2.75, 3.05) is 26.2 Å². The lowest BCUT2D eigenvalue weighted by Gasteiger charge is -2.20. The lowest BCUT2D eigenvalue weighted by atomic mass is 10.0. The van der Waals surface area contributed by atoms with Crippen molar-refractivity contribution in [3.63, 3.8) is 0 Å². The van der Waals surface area contributed by atoms with Crippen molar-refractivity contribution in [1.29, 1.82) is 0 Å². The largest absolute Gasteiger partial charge is 0.384 e. The summed E-state index contributed by atoms with van der Waals surface area (Å²) in [5.74, 6) is 5.03. The summed E-state index contributed by atoms with van der Waals surface area (Å²) in [5, 5.41) is 11.6. The maximum absolute atomic E-state index is 12.6. The molecule has 1 aliphatic rings. The van der Waals surface area contributed by atoms with Crippen molar-refractivity contribution >= 4 is 11.8 Å². The maximum atomic E-state index is 12.6. The van der Waals surface area contributed by atoms with Gasteiger partial charge in [-0.15, -0.1) is 0 Å². The Kier molecular flexibility index (Phi) is 4.96. The number of aliphatic hydroxyl groups is 1. The minimum absolute atomic E-state index is 0.0690. The van der Waals surface area contributed by atoms with E-state index < -0.39 is 0 Å². The summed E-state index contributed by atoms with van der Waals surface area (Å²) < 4.78 is 0. The molecule has 0 aliphatic carbocycles. The second-order valence-corrected chi connectivity index (χ2v) is 4.94. The second-order valence-electron chi connectivity index (χ2n) is 4.94. The van der Waals surface area contributed by atoms with E-state index in [4.69, 9.17) is 5.11 Å². The van der Waals surface area contributed by atoms with Gasteiger partial charge in [0.25, 0.3) is 5.91 Å². The molecule has 5 heteroatoms. The van der Waals surface area contributed by atoms with E-state index in [0.29, 0.717) is 24.2 Å². The Morgan fingerprint density at radius 2 is 2.29 bits per heavy atom. The number of amides is 2. The maximum Gasteiger partial charge on any atom is 0.255 e. The van der Waals surface area contributed by atoms with E-state index >= 15 is 0 Å². The summed E-state index contributed by atoms with van der Waals surface area (Å²) in [6.07, 6.45) is 0.737. The van der Waals surface area contributed by atoms with E-state index in [-0.39, 0.29) is 25.0 Å². The number of carbonyl (C=O) groups excluding carboxylic acids is 2. The van der Waals surface area contributed by atoms with E-state index in [9.17, 15) is 9.59 Å². The summed E-state index contributed by atoms with van der Waals surface area (Å²) in [5.41, 5.74) is 2.04. The van der Waals surface area contributed by atoms with Crippen LogP contribution in [0.2, 0.25) is 0 Å². The Bertz CT molecular complexity index is 614. The first-order valence-corrected chi connectivity index (χ1v) is 6.88. The molecule has 0 bridgehead atoms. The molecule has 0 aromatic heterocycles. The van der Waals surface area contributed by atoms with Crippen LogP contribution in [-0.4, -0.2) is 48.1 Å². The molecular weight excluding hydrogens is 268 g/mol. The summed E-state index contributed by atoms with van der Waals surface area (Å²) >= 11 is 0. The minimum Gasteiger partial charge on any atom is -0.384 e. The van der Waals surface area contributed by atoms with Crippen LogP contribution < -0.4 is 5.32 Å².